The maximum absolute atomic E-state index is 11.9. The SMILES string of the molecule is FC(F)(F)SSc1nc2ccccc2s1. The Labute approximate surface area is 95.5 Å². The van der Waals surface area contributed by atoms with Crippen molar-refractivity contribution in [1.82, 2.24) is 4.98 Å². The van der Waals surface area contributed by atoms with E-state index in [1.165, 1.54) is 11.3 Å². The van der Waals surface area contributed by atoms with Crippen LogP contribution in [0, 0.1) is 0 Å². The molecule has 1 heterocycles. The first-order valence-electron chi connectivity index (χ1n) is 3.82. The third kappa shape index (κ3) is 3.02. The van der Waals surface area contributed by atoms with Crippen LogP contribution in [0.4, 0.5) is 13.2 Å². The van der Waals surface area contributed by atoms with E-state index in [-0.39, 0.29) is 10.8 Å². The van der Waals surface area contributed by atoms with Gasteiger partial charge < -0.3 is 0 Å². The van der Waals surface area contributed by atoms with Gasteiger partial charge in [0.2, 0.25) is 0 Å². The van der Waals surface area contributed by atoms with Crippen LogP contribution in [0.3, 0.4) is 0 Å². The Morgan fingerprint density at radius 2 is 1.93 bits per heavy atom. The average Bonchev–Trinajstić information content (AvgIpc) is 2.56. The number of aromatic nitrogens is 1. The van der Waals surface area contributed by atoms with Crippen molar-refractivity contribution in [3.05, 3.63) is 24.3 Å². The Kier molecular flexibility index (Phi) is 3.13. The predicted octanol–water partition coefficient (Wildman–Crippen LogP) is 4.56. The molecule has 80 valence electrons. The van der Waals surface area contributed by atoms with Crippen molar-refractivity contribution in [2.75, 3.05) is 0 Å². The van der Waals surface area contributed by atoms with E-state index in [0.29, 0.717) is 15.1 Å². The minimum absolute atomic E-state index is 0.134. The zero-order valence-electron chi connectivity index (χ0n) is 7.12. The first-order valence-corrected chi connectivity index (χ1v) is 6.79. The Morgan fingerprint density at radius 3 is 2.60 bits per heavy atom. The van der Waals surface area contributed by atoms with Crippen LogP contribution in [0.5, 0.6) is 0 Å². The lowest BCUT2D eigenvalue weighted by Crippen LogP contribution is -1.95. The molecule has 0 spiro atoms. The average molecular weight is 267 g/mol. The lowest BCUT2D eigenvalue weighted by Gasteiger charge is -2.00. The molecule has 7 heteroatoms. The van der Waals surface area contributed by atoms with Crippen molar-refractivity contribution >= 4 is 43.1 Å². The summed E-state index contributed by atoms with van der Waals surface area (Å²) in [6.07, 6.45) is 0. The second-order valence-corrected chi connectivity index (χ2v) is 6.03. The molecule has 0 aliphatic heterocycles. The number of alkyl halides is 3. The second kappa shape index (κ2) is 4.23. The standard InChI is InChI=1S/C8H4F3NS3/c9-8(10,11)15-14-7-12-5-3-1-2-4-6(5)13-7/h1-4H. The molecule has 0 saturated carbocycles. The number of hydrogen-bond donors (Lipinski definition) is 0. The number of rotatable bonds is 2. The predicted molar refractivity (Wildman–Crippen MR) is 59.1 cm³/mol. The molecule has 0 saturated heterocycles. The maximum Gasteiger partial charge on any atom is 0.452 e. The molecule has 1 aromatic carbocycles. The van der Waals surface area contributed by atoms with Gasteiger partial charge in [-0.1, -0.05) is 12.1 Å². The summed E-state index contributed by atoms with van der Waals surface area (Å²) in [5.74, 6) is 0. The second-order valence-electron chi connectivity index (χ2n) is 2.56. The molecular formula is C8H4F3NS3. The van der Waals surface area contributed by atoms with E-state index in [0.717, 1.165) is 10.2 Å². The van der Waals surface area contributed by atoms with Gasteiger partial charge in [0.25, 0.3) is 0 Å². The number of hydrogen-bond acceptors (Lipinski definition) is 4. The Balaban J connectivity index is 2.16. The van der Waals surface area contributed by atoms with Gasteiger partial charge in [-0.15, -0.1) is 11.3 Å². The van der Waals surface area contributed by atoms with E-state index in [1.807, 2.05) is 18.2 Å². The zero-order chi connectivity index (χ0) is 10.9. The fourth-order valence-corrected chi connectivity index (χ4v) is 3.59. The molecule has 15 heavy (non-hydrogen) atoms. The molecule has 1 aromatic heterocycles. The topological polar surface area (TPSA) is 12.9 Å². The number of benzene rings is 1. The first-order chi connectivity index (χ1) is 7.04. The summed E-state index contributed by atoms with van der Waals surface area (Å²) in [4.78, 5) is 4.08. The number of halogens is 3. The summed E-state index contributed by atoms with van der Waals surface area (Å²) in [6, 6.07) is 7.28. The minimum Gasteiger partial charge on any atom is -0.229 e. The summed E-state index contributed by atoms with van der Waals surface area (Å²) < 4.78 is 37.1. The van der Waals surface area contributed by atoms with Gasteiger partial charge in [-0.2, -0.15) is 13.2 Å². The van der Waals surface area contributed by atoms with E-state index >= 15 is 0 Å². The van der Waals surface area contributed by atoms with Crippen LogP contribution in [0.25, 0.3) is 10.2 Å². The van der Waals surface area contributed by atoms with Gasteiger partial charge in [0.05, 0.1) is 10.2 Å². The van der Waals surface area contributed by atoms with Crippen LogP contribution in [0.2, 0.25) is 0 Å². The molecule has 0 fully saturated rings. The van der Waals surface area contributed by atoms with Crippen molar-refractivity contribution in [1.29, 1.82) is 0 Å². The van der Waals surface area contributed by atoms with Gasteiger partial charge in [-0.25, -0.2) is 4.98 Å². The van der Waals surface area contributed by atoms with E-state index in [2.05, 4.69) is 4.98 Å². The normalized spacial score (nSPS) is 12.2. The van der Waals surface area contributed by atoms with Gasteiger partial charge in [0.15, 0.2) is 4.34 Å². The number of thiazole rings is 1. The van der Waals surface area contributed by atoms with Gasteiger partial charge >= 0.3 is 5.51 Å². The molecular weight excluding hydrogens is 263 g/mol. The smallest absolute Gasteiger partial charge is 0.229 e. The molecule has 0 radical (unpaired) electrons. The van der Waals surface area contributed by atoms with Crippen molar-refractivity contribution in [3.8, 4) is 0 Å². The van der Waals surface area contributed by atoms with E-state index in [1.54, 1.807) is 6.07 Å². The van der Waals surface area contributed by atoms with Crippen molar-refractivity contribution < 1.29 is 13.2 Å². The highest BCUT2D eigenvalue weighted by Gasteiger charge is 2.29. The van der Waals surface area contributed by atoms with E-state index < -0.39 is 5.51 Å². The molecule has 0 N–H and O–H groups in total. The zero-order valence-corrected chi connectivity index (χ0v) is 9.56. The van der Waals surface area contributed by atoms with Gasteiger partial charge in [0.1, 0.15) is 0 Å². The summed E-state index contributed by atoms with van der Waals surface area (Å²) in [7, 11) is 0.519. The summed E-state index contributed by atoms with van der Waals surface area (Å²) in [5, 5.41) is 0. The third-order valence-electron chi connectivity index (χ3n) is 1.48. The van der Waals surface area contributed by atoms with E-state index in [4.69, 9.17) is 0 Å². The summed E-state index contributed by atoms with van der Waals surface area (Å²) in [6.45, 7) is 0. The van der Waals surface area contributed by atoms with E-state index in [9.17, 15) is 13.2 Å². The maximum atomic E-state index is 11.9. The van der Waals surface area contributed by atoms with Crippen molar-refractivity contribution in [2.45, 2.75) is 9.85 Å². The molecule has 0 amide bonds. The molecule has 1 nitrogen and oxygen atoms in total. The highest BCUT2D eigenvalue weighted by molar-refractivity contribution is 8.77. The molecule has 0 atom stereocenters. The molecule has 2 aromatic rings. The van der Waals surface area contributed by atoms with Gasteiger partial charge in [-0.05, 0) is 22.9 Å². The van der Waals surface area contributed by atoms with Crippen LogP contribution in [-0.2, 0) is 0 Å². The molecule has 2 rings (SSSR count). The summed E-state index contributed by atoms with van der Waals surface area (Å²) in [5.41, 5.74) is -3.48. The Hall–Kier alpha value is -0.400. The highest BCUT2D eigenvalue weighted by Crippen LogP contribution is 2.45. The van der Waals surface area contributed by atoms with Crippen LogP contribution < -0.4 is 0 Å². The quantitative estimate of drug-likeness (QED) is 0.740. The minimum atomic E-state index is -4.22. The Bertz CT molecular complexity index is 432. The van der Waals surface area contributed by atoms with Gasteiger partial charge in [0, 0.05) is 10.8 Å². The van der Waals surface area contributed by atoms with Crippen LogP contribution >= 0.6 is 32.9 Å². The fourth-order valence-electron chi connectivity index (χ4n) is 0.970. The van der Waals surface area contributed by atoms with Gasteiger partial charge in [-0.3, -0.25) is 0 Å². The molecule has 0 unspecified atom stereocenters. The number of fused-ring (bicyclic) bond motifs is 1. The highest BCUT2D eigenvalue weighted by atomic mass is 33.1. The van der Waals surface area contributed by atoms with Crippen LogP contribution in [-0.4, -0.2) is 10.5 Å². The molecule has 0 aliphatic carbocycles. The lowest BCUT2D eigenvalue weighted by molar-refractivity contribution is -0.0311. The largest absolute Gasteiger partial charge is 0.452 e. The first kappa shape index (κ1) is 11.1. The van der Waals surface area contributed by atoms with Crippen LogP contribution in [0.15, 0.2) is 28.6 Å². The summed E-state index contributed by atoms with van der Waals surface area (Å²) >= 11 is 1.27. The van der Waals surface area contributed by atoms with Crippen molar-refractivity contribution in [2.24, 2.45) is 0 Å². The third-order valence-corrected chi connectivity index (χ3v) is 4.93. The Morgan fingerprint density at radius 1 is 1.20 bits per heavy atom. The number of nitrogens with zero attached hydrogens (tertiary/aromatic N) is 1. The van der Waals surface area contributed by atoms with Crippen molar-refractivity contribution in [3.63, 3.8) is 0 Å². The lowest BCUT2D eigenvalue weighted by atomic mass is 10.3. The number of para-hydroxylation sites is 1. The fraction of sp³-hybridized carbons (Fsp3) is 0.125. The molecule has 0 aliphatic rings. The monoisotopic (exact) mass is 267 g/mol. The molecule has 0 bridgehead atoms. The van der Waals surface area contributed by atoms with Crippen LogP contribution in [0.1, 0.15) is 0 Å².